The van der Waals surface area contributed by atoms with Crippen molar-refractivity contribution in [1.29, 1.82) is 0 Å². The van der Waals surface area contributed by atoms with Crippen LogP contribution in [0.1, 0.15) is 31.0 Å². The quantitative estimate of drug-likeness (QED) is 0.263. The summed E-state index contributed by atoms with van der Waals surface area (Å²) in [6.45, 7) is 3.81. The summed E-state index contributed by atoms with van der Waals surface area (Å²) in [5.41, 5.74) is 2.03. The van der Waals surface area contributed by atoms with Gasteiger partial charge in [-0.15, -0.1) is 6.42 Å². The molecule has 5 rings (SSSR count). The van der Waals surface area contributed by atoms with Crippen molar-refractivity contribution in [3.05, 3.63) is 103 Å². The van der Waals surface area contributed by atoms with E-state index in [2.05, 4.69) is 10.9 Å². The second-order valence-electron chi connectivity index (χ2n) is 8.77. The molecule has 196 valence electrons. The number of esters is 1. The van der Waals surface area contributed by atoms with E-state index in [1.54, 1.807) is 49.8 Å². The number of methoxy groups -OCH3 is 1. The van der Waals surface area contributed by atoms with Gasteiger partial charge >= 0.3 is 5.97 Å². The molecule has 1 atom stereocenters. The maximum absolute atomic E-state index is 14.1. The smallest absolute Gasteiger partial charge is 0.338 e. The molecule has 1 aliphatic rings. The number of benzene rings is 3. The van der Waals surface area contributed by atoms with Crippen molar-refractivity contribution in [2.75, 3.05) is 20.3 Å². The largest absolute Gasteiger partial charge is 0.497 e. The zero-order valence-electron chi connectivity index (χ0n) is 21.8. The van der Waals surface area contributed by atoms with E-state index in [-0.39, 0.29) is 18.8 Å². The van der Waals surface area contributed by atoms with Crippen LogP contribution in [0.3, 0.4) is 0 Å². The van der Waals surface area contributed by atoms with E-state index < -0.39 is 12.0 Å². The number of nitrogens with zero attached hydrogens (tertiary/aromatic N) is 2. The molecule has 8 heteroatoms. The topological polar surface area (TPSA) is 79.1 Å². The summed E-state index contributed by atoms with van der Waals surface area (Å²) in [6, 6.07) is 18.3. The summed E-state index contributed by atoms with van der Waals surface area (Å²) < 4.78 is 18.5. The summed E-state index contributed by atoms with van der Waals surface area (Å²) in [5, 5.41) is 1.94. The lowest BCUT2D eigenvalue weighted by atomic mass is 9.91. The van der Waals surface area contributed by atoms with E-state index in [0.29, 0.717) is 37.7 Å². The average molecular weight is 539 g/mol. The summed E-state index contributed by atoms with van der Waals surface area (Å²) in [6.07, 6.45) is 7.13. The van der Waals surface area contributed by atoms with Gasteiger partial charge in [-0.25, -0.2) is 9.79 Å². The molecule has 4 aromatic rings. The zero-order chi connectivity index (χ0) is 27.5. The van der Waals surface area contributed by atoms with Crippen molar-refractivity contribution >= 4 is 34.2 Å². The second kappa shape index (κ2) is 11.0. The van der Waals surface area contributed by atoms with Gasteiger partial charge in [0, 0.05) is 5.56 Å². The number of thiazole rings is 1. The number of carbonyl (C=O) groups excluding carboxylic acids is 1. The van der Waals surface area contributed by atoms with Crippen molar-refractivity contribution < 1.29 is 19.0 Å². The molecule has 0 amide bonds. The fourth-order valence-corrected chi connectivity index (χ4v) is 5.77. The molecule has 2 heterocycles. The number of hydrogen-bond acceptors (Lipinski definition) is 7. The number of terminal acetylenes is 1. The lowest BCUT2D eigenvalue weighted by Gasteiger charge is -2.25. The Morgan fingerprint density at radius 2 is 1.97 bits per heavy atom. The Hall–Kier alpha value is -4.61. The van der Waals surface area contributed by atoms with Crippen LogP contribution in [0.5, 0.6) is 11.5 Å². The number of fused-ring (bicyclic) bond motifs is 2. The molecular weight excluding hydrogens is 512 g/mol. The van der Waals surface area contributed by atoms with Crippen molar-refractivity contribution in [3.8, 4) is 23.8 Å². The van der Waals surface area contributed by atoms with E-state index in [0.717, 1.165) is 16.3 Å². The third-order valence-corrected chi connectivity index (χ3v) is 7.43. The van der Waals surface area contributed by atoms with Crippen molar-refractivity contribution in [2.24, 2.45) is 4.99 Å². The van der Waals surface area contributed by atoms with Crippen molar-refractivity contribution in [3.63, 3.8) is 0 Å². The maximum atomic E-state index is 14.1. The Kier molecular flexibility index (Phi) is 7.35. The first-order chi connectivity index (χ1) is 19.0. The first-order valence-corrected chi connectivity index (χ1v) is 13.2. The van der Waals surface area contributed by atoms with Crippen molar-refractivity contribution in [1.82, 2.24) is 4.57 Å². The zero-order valence-corrected chi connectivity index (χ0v) is 22.6. The number of carbonyl (C=O) groups is 1. The minimum atomic E-state index is -0.712. The van der Waals surface area contributed by atoms with Crippen LogP contribution >= 0.6 is 11.3 Å². The Morgan fingerprint density at radius 1 is 1.18 bits per heavy atom. The van der Waals surface area contributed by atoms with Crippen LogP contribution in [-0.2, 0) is 9.53 Å². The predicted molar refractivity (Wildman–Crippen MR) is 152 cm³/mol. The first kappa shape index (κ1) is 26.0. The molecule has 1 aromatic heterocycles. The molecule has 0 fully saturated rings. The fourth-order valence-electron chi connectivity index (χ4n) is 4.73. The van der Waals surface area contributed by atoms with E-state index in [9.17, 15) is 9.59 Å². The number of allylic oxidation sites excluding steroid dienone is 1. The number of aromatic nitrogens is 1. The Labute approximate surface area is 229 Å². The number of hydrogen-bond donors (Lipinski definition) is 0. The average Bonchev–Trinajstić information content (AvgIpc) is 3.25. The van der Waals surface area contributed by atoms with Gasteiger partial charge in [0.25, 0.3) is 5.56 Å². The van der Waals surface area contributed by atoms with Gasteiger partial charge in [0.1, 0.15) is 18.1 Å². The summed E-state index contributed by atoms with van der Waals surface area (Å²) in [4.78, 5) is 32.5. The van der Waals surface area contributed by atoms with Crippen molar-refractivity contribution in [2.45, 2.75) is 19.9 Å². The molecular formula is C31H26N2O5S. The Balaban J connectivity index is 1.77. The van der Waals surface area contributed by atoms with E-state index >= 15 is 0 Å². The second-order valence-corrected chi connectivity index (χ2v) is 9.78. The van der Waals surface area contributed by atoms with Gasteiger partial charge in [0.2, 0.25) is 0 Å². The number of ether oxygens (including phenoxy) is 3. The van der Waals surface area contributed by atoms with Gasteiger partial charge in [-0.1, -0.05) is 59.7 Å². The Morgan fingerprint density at radius 3 is 2.74 bits per heavy atom. The molecule has 0 saturated heterocycles. The standard InChI is InChI=1S/C31H26N2O5S/c1-5-16-38-25-15-14-22(36-4)17-21(25)18-26-29(34)33-28(24-13-9-11-20-10-7-8-12-23(20)24)27(30(35)37-6-2)19(3)32-31(33)39-26/h1,7-15,17-18,28H,6,16H2,2-4H3. The predicted octanol–water partition coefficient (Wildman–Crippen LogP) is 3.97. The molecule has 0 radical (unpaired) electrons. The molecule has 0 N–H and O–H groups in total. The monoisotopic (exact) mass is 538 g/mol. The van der Waals surface area contributed by atoms with E-state index in [1.807, 2.05) is 42.5 Å². The highest BCUT2D eigenvalue weighted by molar-refractivity contribution is 7.07. The Bertz CT molecular complexity index is 1840. The van der Waals surface area contributed by atoms with Crippen LogP contribution in [0.2, 0.25) is 0 Å². The molecule has 1 unspecified atom stereocenters. The highest BCUT2D eigenvalue weighted by Gasteiger charge is 2.34. The normalized spacial score (nSPS) is 14.9. The highest BCUT2D eigenvalue weighted by Crippen LogP contribution is 2.35. The van der Waals surface area contributed by atoms with Crippen LogP contribution in [0.15, 0.2) is 81.7 Å². The molecule has 0 aliphatic carbocycles. The van der Waals surface area contributed by atoms with Gasteiger partial charge < -0.3 is 14.2 Å². The number of rotatable bonds is 7. The third-order valence-electron chi connectivity index (χ3n) is 6.45. The highest BCUT2D eigenvalue weighted by atomic mass is 32.1. The van der Waals surface area contributed by atoms with Crippen LogP contribution < -0.4 is 24.4 Å². The fraction of sp³-hybridized carbons (Fsp3) is 0.194. The van der Waals surface area contributed by atoms with Crippen LogP contribution in [-0.4, -0.2) is 30.9 Å². The first-order valence-electron chi connectivity index (χ1n) is 12.4. The minimum absolute atomic E-state index is 0.0809. The van der Waals surface area contributed by atoms with E-state index in [1.165, 1.54) is 11.3 Å². The van der Waals surface area contributed by atoms with Gasteiger partial charge in [-0.3, -0.25) is 9.36 Å². The van der Waals surface area contributed by atoms with Crippen LogP contribution in [0.25, 0.3) is 16.8 Å². The summed E-state index contributed by atoms with van der Waals surface area (Å²) >= 11 is 1.24. The lowest BCUT2D eigenvalue weighted by molar-refractivity contribution is -0.139. The molecule has 0 spiro atoms. The molecule has 0 saturated carbocycles. The minimum Gasteiger partial charge on any atom is -0.497 e. The maximum Gasteiger partial charge on any atom is 0.338 e. The third kappa shape index (κ3) is 4.85. The van der Waals surface area contributed by atoms with Gasteiger partial charge in [0.05, 0.1) is 35.6 Å². The van der Waals surface area contributed by atoms with Crippen LogP contribution in [0, 0.1) is 12.3 Å². The molecule has 7 nitrogen and oxygen atoms in total. The SMILES string of the molecule is C#CCOc1ccc(OC)cc1C=c1sc2n(c1=O)C(c1cccc3ccccc13)C(C(=O)OCC)=C(C)N=2. The van der Waals surface area contributed by atoms with Crippen LogP contribution in [0.4, 0.5) is 0 Å². The molecule has 3 aromatic carbocycles. The summed E-state index contributed by atoms with van der Waals surface area (Å²) in [7, 11) is 1.57. The molecule has 1 aliphatic heterocycles. The summed E-state index contributed by atoms with van der Waals surface area (Å²) in [5.74, 6) is 3.09. The van der Waals surface area contributed by atoms with Gasteiger partial charge in [0.15, 0.2) is 4.80 Å². The molecule has 39 heavy (non-hydrogen) atoms. The van der Waals surface area contributed by atoms with Gasteiger partial charge in [-0.05, 0) is 54.5 Å². The lowest BCUT2D eigenvalue weighted by Crippen LogP contribution is -2.40. The molecule has 0 bridgehead atoms. The van der Waals surface area contributed by atoms with Gasteiger partial charge in [-0.2, -0.15) is 0 Å². The van der Waals surface area contributed by atoms with E-state index in [4.69, 9.17) is 20.6 Å².